The standard InChI is InChI=1S/C13H17F2NO4S/c14-13(15)20-9-6-8-21-11(9)12(19)16-7-4-2-1-3-5-10(17)18/h6,8,13H,1-5,7H2,(H,16,19)(H,17,18). The van der Waals surface area contributed by atoms with E-state index in [0.717, 1.165) is 24.2 Å². The molecule has 1 amide bonds. The molecule has 1 rings (SSSR count). The van der Waals surface area contributed by atoms with Crippen LogP contribution in [0, 0.1) is 0 Å². The molecule has 2 N–H and O–H groups in total. The SMILES string of the molecule is O=C(O)CCCCCCNC(=O)c1sccc1OC(F)F. The zero-order chi connectivity index (χ0) is 15.7. The largest absolute Gasteiger partial charge is 0.481 e. The van der Waals surface area contributed by atoms with E-state index in [1.807, 2.05) is 0 Å². The molecule has 0 aromatic carbocycles. The van der Waals surface area contributed by atoms with Gasteiger partial charge in [-0.1, -0.05) is 12.8 Å². The summed E-state index contributed by atoms with van der Waals surface area (Å²) in [5, 5.41) is 12.6. The van der Waals surface area contributed by atoms with Crippen LogP contribution in [0.1, 0.15) is 41.8 Å². The van der Waals surface area contributed by atoms with Crippen LogP contribution < -0.4 is 10.1 Å². The Hall–Kier alpha value is -1.70. The lowest BCUT2D eigenvalue weighted by Crippen LogP contribution is -2.24. The minimum atomic E-state index is -2.96. The van der Waals surface area contributed by atoms with Gasteiger partial charge in [0, 0.05) is 13.0 Å². The van der Waals surface area contributed by atoms with E-state index < -0.39 is 18.5 Å². The number of halogens is 2. The zero-order valence-electron chi connectivity index (χ0n) is 11.3. The quantitative estimate of drug-likeness (QED) is 0.649. The Morgan fingerprint density at radius 1 is 1.29 bits per heavy atom. The number of alkyl halides is 2. The molecule has 0 bridgehead atoms. The highest BCUT2D eigenvalue weighted by Crippen LogP contribution is 2.26. The van der Waals surface area contributed by atoms with Gasteiger partial charge in [-0.3, -0.25) is 9.59 Å². The second-order valence-electron chi connectivity index (χ2n) is 4.31. The fourth-order valence-electron chi connectivity index (χ4n) is 1.69. The number of carbonyl (C=O) groups is 2. The van der Waals surface area contributed by atoms with Crippen molar-refractivity contribution in [3.8, 4) is 5.75 Å². The van der Waals surface area contributed by atoms with Crippen molar-refractivity contribution in [2.24, 2.45) is 0 Å². The summed E-state index contributed by atoms with van der Waals surface area (Å²) in [5.41, 5.74) is 0. The summed E-state index contributed by atoms with van der Waals surface area (Å²) < 4.78 is 28.5. The average molecular weight is 321 g/mol. The van der Waals surface area contributed by atoms with Gasteiger partial charge in [-0.25, -0.2) is 0 Å². The van der Waals surface area contributed by atoms with E-state index in [1.54, 1.807) is 0 Å². The number of nitrogens with one attached hydrogen (secondary N) is 1. The third-order valence-corrected chi connectivity index (χ3v) is 3.55. The van der Waals surface area contributed by atoms with Gasteiger partial charge in [-0.15, -0.1) is 11.3 Å². The van der Waals surface area contributed by atoms with Crippen LogP contribution in [-0.4, -0.2) is 30.1 Å². The number of amides is 1. The van der Waals surface area contributed by atoms with Gasteiger partial charge in [-0.2, -0.15) is 8.78 Å². The Kier molecular flexibility index (Phi) is 7.66. The molecule has 0 saturated carbocycles. The number of thiophene rings is 1. The van der Waals surface area contributed by atoms with Gasteiger partial charge in [-0.05, 0) is 24.3 Å². The number of aliphatic carboxylic acids is 1. The van der Waals surface area contributed by atoms with Gasteiger partial charge < -0.3 is 15.2 Å². The molecule has 8 heteroatoms. The highest BCUT2D eigenvalue weighted by Gasteiger charge is 2.16. The summed E-state index contributed by atoms with van der Waals surface area (Å²) in [6, 6.07) is 1.33. The van der Waals surface area contributed by atoms with Crippen LogP contribution in [-0.2, 0) is 4.79 Å². The number of hydrogen-bond acceptors (Lipinski definition) is 4. The number of rotatable bonds is 10. The Balaban J connectivity index is 2.22. The Morgan fingerprint density at radius 2 is 2.00 bits per heavy atom. The predicted molar refractivity (Wildman–Crippen MR) is 74.0 cm³/mol. The lowest BCUT2D eigenvalue weighted by atomic mass is 10.1. The van der Waals surface area contributed by atoms with Gasteiger partial charge in [0.2, 0.25) is 0 Å². The number of carbonyl (C=O) groups excluding carboxylic acids is 1. The monoisotopic (exact) mass is 321 g/mol. The van der Waals surface area contributed by atoms with Crippen LogP contribution >= 0.6 is 11.3 Å². The minimum Gasteiger partial charge on any atom is -0.481 e. The third-order valence-electron chi connectivity index (χ3n) is 2.65. The molecule has 1 aromatic rings. The van der Waals surface area contributed by atoms with Crippen LogP contribution in [0.5, 0.6) is 5.75 Å². The fraction of sp³-hybridized carbons (Fsp3) is 0.538. The van der Waals surface area contributed by atoms with Crippen molar-refractivity contribution in [2.75, 3.05) is 6.54 Å². The Bertz CT molecular complexity index is 465. The second-order valence-corrected chi connectivity index (χ2v) is 5.22. The van der Waals surface area contributed by atoms with E-state index in [-0.39, 0.29) is 17.0 Å². The second kappa shape index (κ2) is 9.28. The van der Waals surface area contributed by atoms with Crippen LogP contribution in [0.15, 0.2) is 11.4 Å². The van der Waals surface area contributed by atoms with Gasteiger partial charge in [0.1, 0.15) is 10.6 Å². The number of hydrogen-bond donors (Lipinski definition) is 2. The lowest BCUT2D eigenvalue weighted by molar-refractivity contribution is -0.137. The van der Waals surface area contributed by atoms with Crippen LogP contribution in [0.4, 0.5) is 8.78 Å². The van der Waals surface area contributed by atoms with Gasteiger partial charge in [0.25, 0.3) is 5.91 Å². The molecular weight excluding hydrogens is 304 g/mol. The molecule has 0 aliphatic carbocycles. The van der Waals surface area contributed by atoms with Crippen molar-refractivity contribution in [3.05, 3.63) is 16.3 Å². The first-order valence-electron chi connectivity index (χ1n) is 6.53. The van der Waals surface area contributed by atoms with Crippen molar-refractivity contribution >= 4 is 23.2 Å². The predicted octanol–water partition coefficient (Wildman–Crippen LogP) is 3.11. The smallest absolute Gasteiger partial charge is 0.387 e. The van der Waals surface area contributed by atoms with E-state index in [4.69, 9.17) is 5.11 Å². The highest BCUT2D eigenvalue weighted by atomic mass is 32.1. The van der Waals surface area contributed by atoms with E-state index in [0.29, 0.717) is 19.4 Å². The first-order valence-corrected chi connectivity index (χ1v) is 7.41. The summed E-state index contributed by atoms with van der Waals surface area (Å²) in [6.45, 7) is -2.54. The number of unbranched alkanes of at least 4 members (excludes halogenated alkanes) is 3. The lowest BCUT2D eigenvalue weighted by Gasteiger charge is -2.07. The molecule has 0 atom stereocenters. The maximum Gasteiger partial charge on any atom is 0.387 e. The van der Waals surface area contributed by atoms with Crippen LogP contribution in [0.25, 0.3) is 0 Å². The molecule has 0 radical (unpaired) electrons. The number of carboxylic acids is 1. The molecule has 0 aliphatic heterocycles. The van der Waals surface area contributed by atoms with E-state index in [1.165, 1.54) is 11.4 Å². The van der Waals surface area contributed by atoms with Gasteiger partial charge in [0.15, 0.2) is 0 Å². The maximum absolute atomic E-state index is 12.1. The van der Waals surface area contributed by atoms with Crippen molar-refractivity contribution in [1.82, 2.24) is 5.32 Å². The zero-order valence-corrected chi connectivity index (χ0v) is 12.1. The topological polar surface area (TPSA) is 75.6 Å². The summed E-state index contributed by atoms with van der Waals surface area (Å²) in [6.07, 6.45) is 3.05. The average Bonchev–Trinajstić information content (AvgIpc) is 2.84. The number of ether oxygens (including phenoxy) is 1. The minimum absolute atomic E-state index is 0.117. The molecule has 0 fully saturated rings. The molecular formula is C13H17F2NO4S. The maximum atomic E-state index is 12.1. The molecule has 1 aromatic heterocycles. The highest BCUT2D eigenvalue weighted by molar-refractivity contribution is 7.12. The third kappa shape index (κ3) is 7.03. The fourth-order valence-corrected chi connectivity index (χ4v) is 2.43. The summed E-state index contributed by atoms with van der Waals surface area (Å²) >= 11 is 1.04. The van der Waals surface area contributed by atoms with E-state index in [2.05, 4.69) is 10.1 Å². The molecule has 0 spiro atoms. The first-order chi connectivity index (χ1) is 10.0. The van der Waals surface area contributed by atoms with Crippen LogP contribution in [0.2, 0.25) is 0 Å². The Morgan fingerprint density at radius 3 is 2.67 bits per heavy atom. The number of carboxylic acid groups (broad SMARTS) is 1. The molecule has 1 heterocycles. The summed E-state index contributed by atoms with van der Waals surface area (Å²) in [7, 11) is 0. The van der Waals surface area contributed by atoms with Crippen molar-refractivity contribution in [1.29, 1.82) is 0 Å². The molecule has 0 unspecified atom stereocenters. The summed E-state index contributed by atoms with van der Waals surface area (Å²) in [4.78, 5) is 22.2. The Labute approximate surface area is 124 Å². The molecule has 0 saturated heterocycles. The molecule has 118 valence electrons. The normalized spacial score (nSPS) is 10.6. The van der Waals surface area contributed by atoms with Crippen molar-refractivity contribution in [3.63, 3.8) is 0 Å². The first kappa shape index (κ1) is 17.4. The van der Waals surface area contributed by atoms with Gasteiger partial charge >= 0.3 is 12.6 Å². The summed E-state index contributed by atoms with van der Waals surface area (Å²) in [5.74, 6) is -1.37. The van der Waals surface area contributed by atoms with Crippen molar-refractivity contribution < 1.29 is 28.2 Å². The molecule has 21 heavy (non-hydrogen) atoms. The van der Waals surface area contributed by atoms with Crippen molar-refractivity contribution in [2.45, 2.75) is 38.7 Å². The van der Waals surface area contributed by atoms with E-state index >= 15 is 0 Å². The molecule has 5 nitrogen and oxygen atoms in total. The van der Waals surface area contributed by atoms with Gasteiger partial charge in [0.05, 0.1) is 0 Å². The van der Waals surface area contributed by atoms with Crippen LogP contribution in [0.3, 0.4) is 0 Å². The molecule has 0 aliphatic rings. The van der Waals surface area contributed by atoms with E-state index in [9.17, 15) is 18.4 Å².